The Hall–Kier alpha value is 0.197. The van der Waals surface area contributed by atoms with Crippen molar-refractivity contribution in [3.8, 4) is 0 Å². The number of halogens is 2. The van der Waals surface area contributed by atoms with Crippen LogP contribution in [0.1, 0.15) is 12.9 Å². The zero-order valence-electron chi connectivity index (χ0n) is 7.03. The van der Waals surface area contributed by atoms with Crippen molar-refractivity contribution in [2.45, 2.75) is 10.6 Å². The van der Waals surface area contributed by atoms with Gasteiger partial charge < -0.3 is 5.98 Å². The van der Waals surface area contributed by atoms with Crippen LogP contribution in [0.25, 0.3) is 0 Å². The van der Waals surface area contributed by atoms with Crippen LogP contribution in [0.15, 0.2) is 10.4 Å². The molecular formula is C4H4F2LiNO2S2. The molecular weight excluding hydrogens is 203 g/mol. The summed E-state index contributed by atoms with van der Waals surface area (Å²) in [6.07, 6.45) is -1.69. The summed E-state index contributed by atoms with van der Waals surface area (Å²) in [6, 6.07) is 0. The van der Waals surface area contributed by atoms with E-state index in [9.17, 15) is 13.0 Å². The third-order valence-corrected chi connectivity index (χ3v) is 2.79. The minimum atomic E-state index is -2.67. The predicted octanol–water partition coefficient (Wildman–Crippen LogP) is -1.22. The van der Waals surface area contributed by atoms with Crippen LogP contribution < -0.4 is 18.9 Å². The van der Waals surface area contributed by atoms with Crippen molar-refractivity contribution in [2.75, 3.05) is 0 Å². The van der Waals surface area contributed by atoms with Crippen LogP contribution in [0, 0.1) is 0 Å². The first kappa shape index (κ1) is 12.2. The molecule has 1 N–H and O–H groups in total. The molecule has 1 aromatic rings. The number of rotatable bonds is 2. The molecule has 1 rings (SSSR count). The van der Waals surface area contributed by atoms with E-state index in [4.69, 9.17) is 4.55 Å². The fourth-order valence-electron chi connectivity index (χ4n) is 0.454. The monoisotopic (exact) mass is 207 g/mol. The summed E-state index contributed by atoms with van der Waals surface area (Å²) in [7, 11) is 0. The Balaban J connectivity index is 0. The Labute approximate surface area is 87.1 Å². The first-order valence-electron chi connectivity index (χ1n) is 2.46. The molecule has 12 heavy (non-hydrogen) atoms. The van der Waals surface area contributed by atoms with E-state index < -0.39 is 22.5 Å². The van der Waals surface area contributed by atoms with Crippen molar-refractivity contribution >= 4 is 22.4 Å². The van der Waals surface area contributed by atoms with Gasteiger partial charge in [-0.1, -0.05) is 0 Å². The second-order valence-corrected chi connectivity index (χ2v) is 3.83. The molecule has 0 spiro atoms. The molecule has 0 fully saturated rings. The molecule has 0 aliphatic heterocycles. The first-order chi connectivity index (χ1) is 5.11. The minimum Gasteiger partial charge on any atom is -1.00 e. The van der Waals surface area contributed by atoms with Gasteiger partial charge >= 0.3 is 18.9 Å². The van der Waals surface area contributed by atoms with Crippen molar-refractivity contribution < 1.29 is 37.8 Å². The van der Waals surface area contributed by atoms with E-state index in [1.165, 1.54) is 0 Å². The van der Waals surface area contributed by atoms with Gasteiger partial charge in [0.1, 0.15) is 4.21 Å². The second kappa shape index (κ2) is 5.04. The number of nitrogens with zero attached hydrogens (tertiary/aromatic N) is 1. The Morgan fingerprint density at radius 1 is 1.75 bits per heavy atom. The average Bonchev–Trinajstić information content (AvgIpc) is 2.33. The SMILES string of the molecule is O=S(O)c1cnc(C(F)F)s1.[H-].[Li+]. The molecule has 0 aliphatic rings. The quantitative estimate of drug-likeness (QED) is 0.488. The fraction of sp³-hybridized carbons (Fsp3) is 0.250. The maximum Gasteiger partial charge on any atom is 1.00 e. The Morgan fingerprint density at radius 2 is 2.33 bits per heavy atom. The molecule has 0 aliphatic carbocycles. The van der Waals surface area contributed by atoms with Gasteiger partial charge in [0.2, 0.25) is 0 Å². The maximum absolute atomic E-state index is 11.8. The average molecular weight is 207 g/mol. The number of alkyl halides is 2. The summed E-state index contributed by atoms with van der Waals surface area (Å²) in [5.74, 6) is 0. The smallest absolute Gasteiger partial charge is 1.00 e. The largest absolute Gasteiger partial charge is 1.00 e. The normalized spacial score (nSPS) is 12.7. The summed E-state index contributed by atoms with van der Waals surface area (Å²) >= 11 is -1.66. The van der Waals surface area contributed by atoms with E-state index in [1.807, 2.05) is 0 Å². The van der Waals surface area contributed by atoms with Gasteiger partial charge in [-0.05, 0) is 0 Å². The third kappa shape index (κ3) is 2.92. The number of aromatic nitrogens is 1. The molecule has 1 unspecified atom stereocenters. The van der Waals surface area contributed by atoms with Crippen molar-refractivity contribution in [2.24, 2.45) is 0 Å². The van der Waals surface area contributed by atoms with Crippen LogP contribution >= 0.6 is 11.3 Å². The minimum absolute atomic E-state index is 0. The van der Waals surface area contributed by atoms with Crippen LogP contribution in [-0.2, 0) is 11.1 Å². The molecule has 3 nitrogen and oxygen atoms in total. The molecule has 0 radical (unpaired) electrons. The molecule has 64 valence electrons. The van der Waals surface area contributed by atoms with Crippen LogP contribution in [0.2, 0.25) is 0 Å². The molecule has 0 amide bonds. The van der Waals surface area contributed by atoms with Crippen molar-refractivity contribution in [1.82, 2.24) is 4.98 Å². The summed E-state index contributed by atoms with van der Waals surface area (Å²) in [5, 5.41) is -0.428. The van der Waals surface area contributed by atoms with E-state index in [2.05, 4.69) is 4.98 Å². The molecule has 8 heteroatoms. The van der Waals surface area contributed by atoms with Gasteiger partial charge in [-0.25, -0.2) is 18.0 Å². The number of thiazole rings is 1. The first-order valence-corrected chi connectivity index (χ1v) is 4.38. The summed E-state index contributed by atoms with van der Waals surface area (Å²) < 4.78 is 42.3. The van der Waals surface area contributed by atoms with E-state index in [0.29, 0.717) is 11.3 Å². The van der Waals surface area contributed by atoms with Gasteiger partial charge in [0.15, 0.2) is 16.1 Å². The summed E-state index contributed by atoms with van der Waals surface area (Å²) in [4.78, 5) is 3.25. The molecule has 1 aromatic heterocycles. The fourth-order valence-corrected chi connectivity index (χ4v) is 1.64. The van der Waals surface area contributed by atoms with Crippen molar-refractivity contribution in [1.29, 1.82) is 0 Å². The zero-order valence-corrected chi connectivity index (χ0v) is 7.66. The van der Waals surface area contributed by atoms with Gasteiger partial charge in [0.05, 0.1) is 6.20 Å². The van der Waals surface area contributed by atoms with E-state index in [0.717, 1.165) is 6.20 Å². The van der Waals surface area contributed by atoms with Crippen molar-refractivity contribution in [3.05, 3.63) is 11.2 Å². The molecule has 0 saturated heterocycles. The van der Waals surface area contributed by atoms with Crippen LogP contribution in [-0.4, -0.2) is 13.7 Å². The standard InChI is InChI=1S/C4H3F2NO2S2.Li.H/c5-3(6)4-7-1-2(10-4)11(8)9;;/h1,3H,(H,8,9);;/q;+1;-1. The summed E-state index contributed by atoms with van der Waals surface area (Å²) in [5.41, 5.74) is 0. The van der Waals surface area contributed by atoms with Gasteiger partial charge in [-0.3, -0.25) is 0 Å². The van der Waals surface area contributed by atoms with Gasteiger partial charge in [0, 0.05) is 0 Å². The Bertz CT molecular complexity index is 285. The molecule has 0 bridgehead atoms. The predicted molar refractivity (Wildman–Crippen MR) is 37.2 cm³/mol. The third-order valence-electron chi connectivity index (χ3n) is 0.861. The van der Waals surface area contributed by atoms with E-state index in [-0.39, 0.29) is 24.5 Å². The molecule has 0 aromatic carbocycles. The van der Waals surface area contributed by atoms with Crippen LogP contribution in [0.4, 0.5) is 8.78 Å². The van der Waals surface area contributed by atoms with Gasteiger partial charge in [-0.2, -0.15) is 0 Å². The van der Waals surface area contributed by atoms with Crippen molar-refractivity contribution in [3.63, 3.8) is 0 Å². The van der Waals surface area contributed by atoms with Gasteiger partial charge in [-0.15, -0.1) is 11.3 Å². The molecule has 1 atom stereocenters. The Morgan fingerprint density at radius 3 is 2.58 bits per heavy atom. The second-order valence-electron chi connectivity index (χ2n) is 1.57. The maximum atomic E-state index is 11.8. The van der Waals surface area contributed by atoms with Crippen LogP contribution in [0.5, 0.6) is 0 Å². The molecule has 1 heterocycles. The molecule has 0 saturated carbocycles. The summed E-state index contributed by atoms with van der Waals surface area (Å²) in [6.45, 7) is 0. The van der Waals surface area contributed by atoms with Gasteiger partial charge in [0.25, 0.3) is 6.43 Å². The zero-order chi connectivity index (χ0) is 8.43. The number of hydrogen-bond acceptors (Lipinski definition) is 3. The Kier molecular flexibility index (Phi) is 5.12. The number of hydrogen-bond donors (Lipinski definition) is 1. The van der Waals surface area contributed by atoms with Crippen LogP contribution in [0.3, 0.4) is 0 Å². The topological polar surface area (TPSA) is 50.2 Å². The van der Waals surface area contributed by atoms with E-state index in [1.54, 1.807) is 0 Å². The van der Waals surface area contributed by atoms with E-state index >= 15 is 0 Å².